The predicted octanol–water partition coefficient (Wildman–Crippen LogP) is 1.17. The van der Waals surface area contributed by atoms with E-state index in [1.165, 1.54) is 18.2 Å². The summed E-state index contributed by atoms with van der Waals surface area (Å²) in [7, 11) is -2.01. The van der Waals surface area contributed by atoms with E-state index in [1.807, 2.05) is 0 Å². The maximum Gasteiger partial charge on any atom is 0.191 e. The molecule has 1 aliphatic carbocycles. The number of halogens is 1. The minimum atomic E-state index is -3.64. The Kier molecular flexibility index (Phi) is 4.82. The second-order valence-electron chi connectivity index (χ2n) is 5.21. The highest BCUT2D eigenvalue weighted by Gasteiger charge is 2.33. The molecule has 0 spiro atoms. The summed E-state index contributed by atoms with van der Waals surface area (Å²) in [6, 6.07) is 5.81. The summed E-state index contributed by atoms with van der Waals surface area (Å²) in [5.74, 6) is 0.292. The first-order valence-electron chi connectivity index (χ1n) is 6.88. The largest absolute Gasteiger partial charge is 0.355 e. The molecule has 116 valence electrons. The Morgan fingerprint density at radius 2 is 2.10 bits per heavy atom. The number of nitrogens with zero attached hydrogens (tertiary/aromatic N) is 1. The van der Waals surface area contributed by atoms with Crippen molar-refractivity contribution in [3.8, 4) is 0 Å². The Labute approximate surface area is 124 Å². The van der Waals surface area contributed by atoms with Crippen LogP contribution in [0, 0.1) is 11.7 Å². The molecular weight excluding hydrogens is 293 g/mol. The van der Waals surface area contributed by atoms with Gasteiger partial charge in [0.1, 0.15) is 10.7 Å². The molecule has 5 nitrogen and oxygen atoms in total. The van der Waals surface area contributed by atoms with Crippen LogP contribution in [0.25, 0.3) is 0 Å². The van der Waals surface area contributed by atoms with Crippen molar-refractivity contribution in [2.45, 2.75) is 24.3 Å². The average Bonchev–Trinajstić information content (AvgIpc) is 3.13. The lowest BCUT2D eigenvalue weighted by Crippen LogP contribution is -2.41. The molecule has 21 heavy (non-hydrogen) atoms. The molecule has 2 N–H and O–H groups in total. The van der Waals surface area contributed by atoms with Gasteiger partial charge in [-0.05, 0) is 24.5 Å². The predicted molar refractivity (Wildman–Crippen MR) is 80.5 cm³/mol. The van der Waals surface area contributed by atoms with E-state index in [0.29, 0.717) is 17.9 Å². The molecule has 0 bridgehead atoms. The van der Waals surface area contributed by atoms with E-state index in [-0.39, 0.29) is 17.2 Å². The van der Waals surface area contributed by atoms with Gasteiger partial charge in [0.25, 0.3) is 0 Å². The zero-order chi connectivity index (χ0) is 15.5. The van der Waals surface area contributed by atoms with Crippen molar-refractivity contribution in [2.24, 2.45) is 10.9 Å². The van der Waals surface area contributed by atoms with Gasteiger partial charge in [-0.25, -0.2) is 12.8 Å². The molecule has 0 radical (unpaired) electrons. The molecule has 1 fully saturated rings. The smallest absolute Gasteiger partial charge is 0.191 e. The van der Waals surface area contributed by atoms with Crippen molar-refractivity contribution in [3.63, 3.8) is 0 Å². The molecule has 0 heterocycles. The van der Waals surface area contributed by atoms with E-state index in [9.17, 15) is 12.8 Å². The fraction of sp³-hybridized carbons (Fsp3) is 0.500. The molecule has 2 unspecified atom stereocenters. The van der Waals surface area contributed by atoms with Gasteiger partial charge in [0, 0.05) is 19.6 Å². The van der Waals surface area contributed by atoms with Crippen LogP contribution in [0.15, 0.2) is 34.2 Å². The summed E-state index contributed by atoms with van der Waals surface area (Å²) < 4.78 is 37.7. The third kappa shape index (κ3) is 4.17. The number of rotatable bonds is 5. The van der Waals surface area contributed by atoms with E-state index in [4.69, 9.17) is 0 Å². The second kappa shape index (κ2) is 6.43. The summed E-state index contributed by atoms with van der Waals surface area (Å²) in [4.78, 5) is 3.78. The molecule has 1 aromatic rings. The fourth-order valence-corrected chi connectivity index (χ4v) is 3.25. The molecule has 0 saturated heterocycles. The van der Waals surface area contributed by atoms with Crippen LogP contribution in [-0.2, 0) is 9.84 Å². The van der Waals surface area contributed by atoms with Crippen LogP contribution >= 0.6 is 0 Å². The summed E-state index contributed by atoms with van der Waals surface area (Å²) in [6.07, 6.45) is 1.09. The number of hydrogen-bond acceptors (Lipinski definition) is 3. The number of hydrogen-bond donors (Lipinski definition) is 2. The second-order valence-corrected chi connectivity index (χ2v) is 7.29. The highest BCUT2D eigenvalue weighted by Crippen LogP contribution is 2.28. The number of sulfone groups is 1. The topological polar surface area (TPSA) is 70.6 Å². The third-order valence-corrected chi connectivity index (χ3v) is 5.23. The molecule has 1 aliphatic rings. The van der Waals surface area contributed by atoms with Crippen LogP contribution in [0.2, 0.25) is 0 Å². The highest BCUT2D eigenvalue weighted by molar-refractivity contribution is 7.91. The van der Waals surface area contributed by atoms with Crippen LogP contribution < -0.4 is 10.6 Å². The molecular formula is C14H20FN3O2S. The lowest BCUT2D eigenvalue weighted by molar-refractivity contribution is 0.566. The van der Waals surface area contributed by atoms with Gasteiger partial charge in [0.2, 0.25) is 0 Å². The van der Waals surface area contributed by atoms with Gasteiger partial charge in [0.15, 0.2) is 15.8 Å². The van der Waals surface area contributed by atoms with Crippen molar-refractivity contribution in [3.05, 3.63) is 30.1 Å². The lowest BCUT2D eigenvalue weighted by atomic mass is 10.3. The highest BCUT2D eigenvalue weighted by atomic mass is 32.2. The van der Waals surface area contributed by atoms with Crippen LogP contribution in [0.3, 0.4) is 0 Å². The fourth-order valence-electron chi connectivity index (χ4n) is 2.00. The maximum absolute atomic E-state index is 13.5. The SMILES string of the molecule is CN=C(NCCS(=O)(=O)c1ccccc1F)NC1CC1C. The van der Waals surface area contributed by atoms with Gasteiger partial charge >= 0.3 is 0 Å². The van der Waals surface area contributed by atoms with Crippen molar-refractivity contribution >= 4 is 15.8 Å². The van der Waals surface area contributed by atoms with Crippen molar-refractivity contribution in [1.29, 1.82) is 0 Å². The molecule has 2 atom stereocenters. The van der Waals surface area contributed by atoms with Crippen LogP contribution in [-0.4, -0.2) is 39.8 Å². The Morgan fingerprint density at radius 3 is 2.67 bits per heavy atom. The van der Waals surface area contributed by atoms with Crippen LogP contribution in [0.1, 0.15) is 13.3 Å². The first kappa shape index (κ1) is 15.8. The zero-order valence-electron chi connectivity index (χ0n) is 12.1. The van der Waals surface area contributed by atoms with E-state index in [0.717, 1.165) is 12.5 Å². The van der Waals surface area contributed by atoms with Crippen LogP contribution in [0.5, 0.6) is 0 Å². The first-order chi connectivity index (χ1) is 9.94. The number of guanidine groups is 1. The standard InChI is InChI=1S/C14H20FN3O2S/c1-10-9-12(10)18-14(16-2)17-7-8-21(19,20)13-6-4-3-5-11(13)15/h3-6,10,12H,7-9H2,1-2H3,(H2,16,17,18). The Bertz CT molecular complexity index is 631. The van der Waals surface area contributed by atoms with Gasteiger partial charge in [-0.1, -0.05) is 19.1 Å². The third-order valence-electron chi connectivity index (χ3n) is 3.49. The molecule has 0 aliphatic heterocycles. The van der Waals surface area contributed by atoms with Gasteiger partial charge in [0.05, 0.1) is 5.75 Å². The minimum absolute atomic E-state index is 0.178. The Balaban J connectivity index is 1.88. The molecule has 7 heteroatoms. The molecule has 2 rings (SSSR count). The summed E-state index contributed by atoms with van der Waals surface area (Å²) in [6.45, 7) is 2.31. The quantitative estimate of drug-likeness (QED) is 0.632. The van der Waals surface area contributed by atoms with Gasteiger partial charge in [-0.2, -0.15) is 0 Å². The van der Waals surface area contributed by atoms with Gasteiger partial charge in [-0.15, -0.1) is 0 Å². The van der Waals surface area contributed by atoms with E-state index >= 15 is 0 Å². The number of nitrogens with one attached hydrogen (secondary N) is 2. The average molecular weight is 313 g/mol. The van der Waals surface area contributed by atoms with Crippen LogP contribution in [0.4, 0.5) is 4.39 Å². The normalized spacial score (nSPS) is 22.0. The lowest BCUT2D eigenvalue weighted by Gasteiger charge is -2.12. The van der Waals surface area contributed by atoms with E-state index < -0.39 is 15.7 Å². The molecule has 1 saturated carbocycles. The van der Waals surface area contributed by atoms with Crippen molar-refractivity contribution < 1.29 is 12.8 Å². The monoisotopic (exact) mass is 313 g/mol. The first-order valence-corrected chi connectivity index (χ1v) is 8.53. The summed E-state index contributed by atoms with van der Waals surface area (Å²) in [5, 5.41) is 6.14. The molecule has 1 aromatic carbocycles. The number of benzene rings is 1. The minimum Gasteiger partial charge on any atom is -0.355 e. The number of aliphatic imine (C=N–C) groups is 1. The van der Waals surface area contributed by atoms with Gasteiger partial charge in [-0.3, -0.25) is 4.99 Å². The van der Waals surface area contributed by atoms with E-state index in [1.54, 1.807) is 7.05 Å². The zero-order valence-corrected chi connectivity index (χ0v) is 13.0. The summed E-state index contributed by atoms with van der Waals surface area (Å²) >= 11 is 0. The maximum atomic E-state index is 13.5. The van der Waals surface area contributed by atoms with Gasteiger partial charge < -0.3 is 10.6 Å². The van der Waals surface area contributed by atoms with Crippen molar-refractivity contribution in [2.75, 3.05) is 19.3 Å². The Morgan fingerprint density at radius 1 is 1.43 bits per heavy atom. The van der Waals surface area contributed by atoms with E-state index in [2.05, 4.69) is 22.5 Å². The Hall–Kier alpha value is -1.63. The summed E-state index contributed by atoms with van der Waals surface area (Å²) in [5.41, 5.74) is 0. The molecule has 0 aromatic heterocycles. The molecule has 0 amide bonds. The van der Waals surface area contributed by atoms with Crippen molar-refractivity contribution in [1.82, 2.24) is 10.6 Å².